The zero-order valence-electron chi connectivity index (χ0n) is 21.0. The summed E-state index contributed by atoms with van der Waals surface area (Å²) in [4.78, 5) is 14.0. The lowest BCUT2D eigenvalue weighted by Crippen LogP contribution is -2.43. The largest absolute Gasteiger partial charge is 0.393 e. The van der Waals surface area contributed by atoms with Gasteiger partial charge in [-0.2, -0.15) is 9.78 Å². The zero-order chi connectivity index (χ0) is 25.4. The SMILES string of the molecule is CCc1ccnc(-n2ncc3ccc(-c4cccc([C@@H](N[S@](=O)C(C)(C)C)C5CC(O)C5)n4)cc32)n1. The van der Waals surface area contributed by atoms with Crippen LogP contribution in [0.1, 0.15) is 58.0 Å². The normalized spacial score (nSPS) is 19.7. The van der Waals surface area contributed by atoms with E-state index >= 15 is 0 Å². The molecule has 9 heteroatoms. The second-order valence-electron chi connectivity index (χ2n) is 10.3. The quantitative estimate of drug-likeness (QED) is 0.389. The van der Waals surface area contributed by atoms with Crippen LogP contribution in [0.15, 0.2) is 54.9 Å². The highest BCUT2D eigenvalue weighted by Gasteiger charge is 2.37. The van der Waals surface area contributed by atoms with Gasteiger partial charge in [-0.15, -0.1) is 0 Å². The number of nitrogens with zero attached hydrogens (tertiary/aromatic N) is 5. The Morgan fingerprint density at radius 2 is 1.97 bits per heavy atom. The summed E-state index contributed by atoms with van der Waals surface area (Å²) in [5.41, 5.74) is 4.45. The first-order valence-electron chi connectivity index (χ1n) is 12.4. The molecule has 0 amide bonds. The van der Waals surface area contributed by atoms with Crippen LogP contribution in [0.2, 0.25) is 0 Å². The molecule has 4 aromatic rings. The van der Waals surface area contributed by atoms with E-state index in [1.807, 2.05) is 63.4 Å². The van der Waals surface area contributed by atoms with E-state index in [9.17, 15) is 9.32 Å². The molecule has 1 saturated carbocycles. The second-order valence-corrected chi connectivity index (χ2v) is 12.3. The fourth-order valence-electron chi connectivity index (χ4n) is 4.40. The number of benzene rings is 1. The van der Waals surface area contributed by atoms with Crippen LogP contribution in [0.25, 0.3) is 28.1 Å². The number of aromatic nitrogens is 5. The molecular formula is C27H32N6O2S. The van der Waals surface area contributed by atoms with Gasteiger partial charge >= 0.3 is 0 Å². The Morgan fingerprint density at radius 1 is 1.17 bits per heavy atom. The van der Waals surface area contributed by atoms with Gasteiger partial charge in [0.25, 0.3) is 5.95 Å². The van der Waals surface area contributed by atoms with Gasteiger partial charge < -0.3 is 5.11 Å². The second kappa shape index (κ2) is 9.80. The van der Waals surface area contributed by atoms with Gasteiger partial charge in [0.15, 0.2) is 0 Å². The highest BCUT2D eigenvalue weighted by atomic mass is 32.2. The minimum Gasteiger partial charge on any atom is -0.393 e. The lowest BCUT2D eigenvalue weighted by molar-refractivity contribution is 0.0275. The first-order valence-corrected chi connectivity index (χ1v) is 13.5. The minimum absolute atomic E-state index is 0.181. The topological polar surface area (TPSA) is 106 Å². The first-order chi connectivity index (χ1) is 17.2. The van der Waals surface area contributed by atoms with Crippen molar-refractivity contribution < 1.29 is 9.32 Å². The van der Waals surface area contributed by atoms with E-state index in [-0.39, 0.29) is 18.1 Å². The van der Waals surface area contributed by atoms with Crippen LogP contribution < -0.4 is 4.72 Å². The van der Waals surface area contributed by atoms with Gasteiger partial charge in [0.05, 0.1) is 51.0 Å². The summed E-state index contributed by atoms with van der Waals surface area (Å²) in [5.74, 6) is 0.724. The van der Waals surface area contributed by atoms with Crippen molar-refractivity contribution in [2.75, 3.05) is 0 Å². The number of pyridine rings is 1. The maximum absolute atomic E-state index is 13.0. The molecule has 1 aromatic carbocycles. The van der Waals surface area contributed by atoms with Gasteiger partial charge in [-0.25, -0.2) is 18.9 Å². The Bertz CT molecular complexity index is 1410. The molecule has 2 N–H and O–H groups in total. The number of hydrogen-bond donors (Lipinski definition) is 2. The Balaban J connectivity index is 1.51. The Labute approximate surface area is 213 Å². The molecule has 188 valence electrons. The van der Waals surface area contributed by atoms with Gasteiger partial charge in [0, 0.05) is 22.8 Å². The van der Waals surface area contributed by atoms with E-state index in [2.05, 4.69) is 32.8 Å². The summed E-state index contributed by atoms with van der Waals surface area (Å²) in [6.45, 7) is 7.91. The molecule has 5 rings (SSSR count). The maximum Gasteiger partial charge on any atom is 0.251 e. The van der Waals surface area contributed by atoms with Crippen LogP contribution in [0.5, 0.6) is 0 Å². The zero-order valence-corrected chi connectivity index (χ0v) is 21.9. The maximum atomic E-state index is 13.0. The van der Waals surface area contributed by atoms with Gasteiger partial charge in [-0.1, -0.05) is 25.1 Å². The molecule has 0 unspecified atom stereocenters. The molecule has 2 atom stereocenters. The van der Waals surface area contributed by atoms with Gasteiger partial charge in [-0.05, 0) is 70.2 Å². The number of aliphatic hydroxyl groups excluding tert-OH is 1. The van der Waals surface area contributed by atoms with Crippen molar-refractivity contribution in [3.8, 4) is 17.2 Å². The smallest absolute Gasteiger partial charge is 0.251 e. The predicted octanol–water partition coefficient (Wildman–Crippen LogP) is 4.30. The summed E-state index contributed by atoms with van der Waals surface area (Å²) in [6, 6.07) is 13.8. The van der Waals surface area contributed by atoms with E-state index in [1.165, 1.54) is 0 Å². The van der Waals surface area contributed by atoms with Crippen molar-refractivity contribution in [1.29, 1.82) is 0 Å². The predicted molar refractivity (Wildman–Crippen MR) is 142 cm³/mol. The van der Waals surface area contributed by atoms with Crippen LogP contribution in [-0.2, 0) is 17.4 Å². The number of hydrogen-bond acceptors (Lipinski definition) is 6. The van der Waals surface area contributed by atoms with E-state index in [1.54, 1.807) is 10.9 Å². The molecule has 1 aliphatic carbocycles. The molecule has 0 saturated heterocycles. The van der Waals surface area contributed by atoms with Crippen LogP contribution in [-0.4, -0.2) is 44.9 Å². The van der Waals surface area contributed by atoms with Gasteiger partial charge in [0.2, 0.25) is 0 Å². The van der Waals surface area contributed by atoms with Crippen molar-refractivity contribution >= 4 is 21.9 Å². The number of nitrogens with one attached hydrogen (secondary N) is 1. The summed E-state index contributed by atoms with van der Waals surface area (Å²) in [6.07, 6.45) is 5.44. The molecule has 3 aromatic heterocycles. The third-order valence-electron chi connectivity index (χ3n) is 6.62. The average molecular weight is 505 g/mol. The third kappa shape index (κ3) is 4.96. The van der Waals surface area contributed by atoms with Crippen molar-refractivity contribution in [2.45, 2.75) is 63.9 Å². The lowest BCUT2D eigenvalue weighted by atomic mass is 9.76. The summed E-state index contributed by atoms with van der Waals surface area (Å²) >= 11 is 0. The van der Waals surface area contributed by atoms with Crippen molar-refractivity contribution in [3.05, 3.63) is 66.2 Å². The molecule has 1 aliphatic rings. The van der Waals surface area contributed by atoms with Crippen molar-refractivity contribution in [2.24, 2.45) is 5.92 Å². The third-order valence-corrected chi connectivity index (χ3v) is 8.20. The molecule has 0 spiro atoms. The summed E-state index contributed by atoms with van der Waals surface area (Å²) in [5, 5.41) is 15.5. The monoisotopic (exact) mass is 504 g/mol. The van der Waals surface area contributed by atoms with Crippen LogP contribution in [0.4, 0.5) is 0 Å². The highest BCUT2D eigenvalue weighted by molar-refractivity contribution is 7.84. The van der Waals surface area contributed by atoms with Crippen molar-refractivity contribution in [1.82, 2.24) is 29.5 Å². The van der Waals surface area contributed by atoms with Crippen LogP contribution in [0, 0.1) is 5.92 Å². The molecule has 36 heavy (non-hydrogen) atoms. The van der Waals surface area contributed by atoms with E-state index in [0.717, 1.165) is 40.0 Å². The van der Waals surface area contributed by atoms with Gasteiger partial charge in [-0.3, -0.25) is 4.98 Å². The van der Waals surface area contributed by atoms with E-state index in [4.69, 9.17) is 4.98 Å². The molecule has 0 aliphatic heterocycles. The van der Waals surface area contributed by atoms with E-state index in [0.29, 0.717) is 18.8 Å². The summed E-state index contributed by atoms with van der Waals surface area (Å²) in [7, 11) is -1.26. The number of aryl methyl sites for hydroxylation is 1. The molecule has 3 heterocycles. The Hall–Kier alpha value is -3.01. The fourth-order valence-corrected chi connectivity index (χ4v) is 5.30. The molecule has 0 bridgehead atoms. The average Bonchev–Trinajstić information content (AvgIpc) is 3.28. The van der Waals surface area contributed by atoms with Crippen molar-refractivity contribution in [3.63, 3.8) is 0 Å². The number of fused-ring (bicyclic) bond motifs is 1. The fraction of sp³-hybridized carbons (Fsp3) is 0.407. The molecular weight excluding hydrogens is 472 g/mol. The summed E-state index contributed by atoms with van der Waals surface area (Å²) < 4.78 is 17.6. The Kier molecular flexibility index (Phi) is 6.72. The minimum atomic E-state index is -1.26. The number of rotatable bonds is 7. The Morgan fingerprint density at radius 3 is 2.69 bits per heavy atom. The molecule has 1 fully saturated rings. The molecule has 0 radical (unpaired) electrons. The number of aliphatic hydroxyl groups is 1. The standard InChI is InChI=1S/C27H32N6O2S/c1-5-20-11-12-28-26(30-20)33-24-15-17(9-10-18(24)16-29-33)22-7-6-8-23(31-22)25(19-13-21(34)14-19)32-36(35)27(2,3)4/h6-12,15-16,19,21,25,32,34H,5,13-14H2,1-4H3/t19?,21?,25-,36+/m0/s1. The van der Waals surface area contributed by atoms with E-state index < -0.39 is 15.7 Å². The lowest BCUT2D eigenvalue weighted by Gasteiger charge is -2.38. The van der Waals surface area contributed by atoms with Gasteiger partial charge in [0.1, 0.15) is 0 Å². The first kappa shape index (κ1) is 24.7. The highest BCUT2D eigenvalue weighted by Crippen LogP contribution is 2.39. The van der Waals surface area contributed by atoms with Crippen LogP contribution >= 0.6 is 0 Å². The molecule has 8 nitrogen and oxygen atoms in total. The van der Waals surface area contributed by atoms with Crippen LogP contribution in [0.3, 0.4) is 0 Å².